The summed E-state index contributed by atoms with van der Waals surface area (Å²) in [4.78, 5) is 27.1. The van der Waals surface area contributed by atoms with E-state index in [4.69, 9.17) is 0 Å². The number of rotatable bonds is 2. The molecule has 0 spiro atoms. The van der Waals surface area contributed by atoms with Gasteiger partial charge in [-0.25, -0.2) is 0 Å². The number of carbonyl (C=O) groups excluding carboxylic acids is 1. The van der Waals surface area contributed by atoms with E-state index in [1.807, 2.05) is 38.1 Å². The van der Waals surface area contributed by atoms with Gasteiger partial charge in [-0.15, -0.1) is 0 Å². The standard InChI is InChI=1S/C20H22N2O2/c1-14-13-15(2)21(3)19(23)18(14)20(24)22-11-9-17(10-12-22)16-7-5-4-6-8-16/h4-9,13H,10-12H2,1-3H3. The van der Waals surface area contributed by atoms with E-state index in [0.717, 1.165) is 17.7 Å². The van der Waals surface area contributed by atoms with Gasteiger partial charge in [-0.05, 0) is 43.0 Å². The number of pyridine rings is 1. The van der Waals surface area contributed by atoms with Crippen LogP contribution in [0.25, 0.3) is 5.57 Å². The summed E-state index contributed by atoms with van der Waals surface area (Å²) in [5, 5.41) is 0. The first kappa shape index (κ1) is 16.2. The molecule has 0 unspecified atom stereocenters. The largest absolute Gasteiger partial charge is 0.334 e. The fraction of sp³-hybridized carbons (Fsp3) is 0.300. The highest BCUT2D eigenvalue weighted by molar-refractivity contribution is 5.95. The molecule has 0 N–H and O–H groups in total. The summed E-state index contributed by atoms with van der Waals surface area (Å²) in [5.41, 5.74) is 4.15. The molecule has 1 aliphatic heterocycles. The molecule has 0 saturated heterocycles. The number of aryl methyl sites for hydroxylation is 2. The van der Waals surface area contributed by atoms with Gasteiger partial charge in [0, 0.05) is 25.8 Å². The van der Waals surface area contributed by atoms with Crippen LogP contribution in [0.4, 0.5) is 0 Å². The topological polar surface area (TPSA) is 42.3 Å². The van der Waals surface area contributed by atoms with Crippen LogP contribution < -0.4 is 5.56 Å². The maximum absolute atomic E-state index is 12.8. The van der Waals surface area contributed by atoms with Crippen LogP contribution in [0.5, 0.6) is 0 Å². The van der Waals surface area contributed by atoms with E-state index in [1.54, 1.807) is 11.9 Å². The zero-order chi connectivity index (χ0) is 17.3. The molecule has 0 radical (unpaired) electrons. The molecule has 2 heterocycles. The summed E-state index contributed by atoms with van der Waals surface area (Å²) in [6.45, 7) is 4.88. The van der Waals surface area contributed by atoms with Crippen molar-refractivity contribution in [3.05, 3.63) is 75.2 Å². The molecule has 4 heteroatoms. The van der Waals surface area contributed by atoms with Gasteiger partial charge in [0.15, 0.2) is 0 Å². The van der Waals surface area contributed by atoms with Crippen LogP contribution in [0.15, 0.2) is 47.3 Å². The van der Waals surface area contributed by atoms with Gasteiger partial charge in [-0.1, -0.05) is 36.4 Å². The normalized spacial score (nSPS) is 14.5. The van der Waals surface area contributed by atoms with Gasteiger partial charge in [0.1, 0.15) is 5.56 Å². The first-order valence-electron chi connectivity index (χ1n) is 8.20. The van der Waals surface area contributed by atoms with Gasteiger partial charge in [0.25, 0.3) is 11.5 Å². The zero-order valence-electron chi connectivity index (χ0n) is 14.4. The Bertz CT molecular complexity index is 863. The molecule has 1 aromatic carbocycles. The van der Waals surface area contributed by atoms with Gasteiger partial charge in [0.2, 0.25) is 0 Å². The maximum Gasteiger partial charge on any atom is 0.263 e. The van der Waals surface area contributed by atoms with E-state index in [-0.39, 0.29) is 11.5 Å². The summed E-state index contributed by atoms with van der Waals surface area (Å²) in [5.74, 6) is -0.170. The summed E-state index contributed by atoms with van der Waals surface area (Å²) >= 11 is 0. The highest BCUT2D eigenvalue weighted by Gasteiger charge is 2.24. The third-order valence-corrected chi connectivity index (χ3v) is 4.72. The van der Waals surface area contributed by atoms with Gasteiger partial charge in [-0.3, -0.25) is 9.59 Å². The molecular formula is C20H22N2O2. The van der Waals surface area contributed by atoms with Crippen LogP contribution >= 0.6 is 0 Å². The monoisotopic (exact) mass is 322 g/mol. The third kappa shape index (κ3) is 2.92. The molecule has 1 amide bonds. The van der Waals surface area contributed by atoms with Crippen LogP contribution in [-0.2, 0) is 7.05 Å². The summed E-state index contributed by atoms with van der Waals surface area (Å²) in [6.07, 6.45) is 2.89. The lowest BCUT2D eigenvalue weighted by atomic mass is 9.99. The second-order valence-electron chi connectivity index (χ2n) is 6.30. The first-order chi connectivity index (χ1) is 11.5. The molecule has 1 aliphatic rings. The van der Waals surface area contributed by atoms with Crippen LogP contribution in [0, 0.1) is 13.8 Å². The van der Waals surface area contributed by atoms with Crippen molar-refractivity contribution in [2.24, 2.45) is 7.05 Å². The van der Waals surface area contributed by atoms with Crippen molar-refractivity contribution in [1.29, 1.82) is 0 Å². The average molecular weight is 322 g/mol. The quantitative estimate of drug-likeness (QED) is 0.853. The van der Waals surface area contributed by atoms with Gasteiger partial charge in [0.05, 0.1) is 0 Å². The average Bonchev–Trinajstić information content (AvgIpc) is 2.60. The Hall–Kier alpha value is -2.62. The second kappa shape index (κ2) is 6.48. The lowest BCUT2D eigenvalue weighted by molar-refractivity contribution is 0.0769. The Morgan fingerprint density at radius 1 is 1.12 bits per heavy atom. The van der Waals surface area contributed by atoms with E-state index in [0.29, 0.717) is 18.7 Å². The zero-order valence-corrected chi connectivity index (χ0v) is 14.4. The molecular weight excluding hydrogens is 300 g/mol. The minimum Gasteiger partial charge on any atom is -0.334 e. The Morgan fingerprint density at radius 3 is 2.46 bits per heavy atom. The fourth-order valence-electron chi connectivity index (χ4n) is 3.17. The second-order valence-corrected chi connectivity index (χ2v) is 6.30. The highest BCUT2D eigenvalue weighted by Crippen LogP contribution is 2.23. The van der Waals surface area contributed by atoms with Gasteiger partial charge >= 0.3 is 0 Å². The Morgan fingerprint density at radius 2 is 1.83 bits per heavy atom. The van der Waals surface area contributed by atoms with Crippen molar-refractivity contribution in [2.45, 2.75) is 20.3 Å². The molecule has 0 aliphatic carbocycles. The molecule has 4 nitrogen and oxygen atoms in total. The molecule has 3 rings (SSSR count). The van der Waals surface area contributed by atoms with Crippen LogP contribution in [0.1, 0.15) is 33.6 Å². The van der Waals surface area contributed by atoms with Crippen molar-refractivity contribution in [3.8, 4) is 0 Å². The molecule has 0 fully saturated rings. The van der Waals surface area contributed by atoms with E-state index < -0.39 is 0 Å². The fourth-order valence-corrected chi connectivity index (χ4v) is 3.17. The predicted molar refractivity (Wildman–Crippen MR) is 96.1 cm³/mol. The minimum absolute atomic E-state index is 0.170. The number of hydrogen-bond donors (Lipinski definition) is 0. The van der Waals surface area contributed by atoms with Crippen LogP contribution in [0.2, 0.25) is 0 Å². The van der Waals surface area contributed by atoms with Crippen molar-refractivity contribution >= 4 is 11.5 Å². The molecule has 24 heavy (non-hydrogen) atoms. The van der Waals surface area contributed by atoms with E-state index >= 15 is 0 Å². The smallest absolute Gasteiger partial charge is 0.263 e. The maximum atomic E-state index is 12.8. The molecule has 1 aromatic heterocycles. The molecule has 0 saturated carbocycles. The number of hydrogen-bond acceptors (Lipinski definition) is 2. The van der Waals surface area contributed by atoms with Crippen molar-refractivity contribution in [1.82, 2.24) is 9.47 Å². The Kier molecular flexibility index (Phi) is 4.38. The van der Waals surface area contributed by atoms with Gasteiger partial charge < -0.3 is 9.47 Å². The number of carbonyl (C=O) groups is 1. The first-order valence-corrected chi connectivity index (χ1v) is 8.20. The lowest BCUT2D eigenvalue weighted by Crippen LogP contribution is -2.39. The SMILES string of the molecule is Cc1cc(C)n(C)c(=O)c1C(=O)N1CC=C(c2ccccc2)CC1. The molecule has 0 bridgehead atoms. The Balaban J connectivity index is 1.85. The number of amides is 1. The summed E-state index contributed by atoms with van der Waals surface area (Å²) in [7, 11) is 1.71. The van der Waals surface area contributed by atoms with Crippen molar-refractivity contribution in [3.63, 3.8) is 0 Å². The van der Waals surface area contributed by atoms with Crippen molar-refractivity contribution in [2.75, 3.05) is 13.1 Å². The molecule has 124 valence electrons. The van der Waals surface area contributed by atoms with E-state index in [9.17, 15) is 9.59 Å². The predicted octanol–water partition coefficient (Wildman–Crippen LogP) is 2.93. The third-order valence-electron chi connectivity index (χ3n) is 4.72. The van der Waals surface area contributed by atoms with E-state index in [2.05, 4.69) is 18.2 Å². The molecule has 0 atom stereocenters. The number of benzene rings is 1. The van der Waals surface area contributed by atoms with Gasteiger partial charge in [-0.2, -0.15) is 0 Å². The number of nitrogens with zero attached hydrogens (tertiary/aromatic N) is 2. The molecule has 2 aromatic rings. The van der Waals surface area contributed by atoms with Crippen LogP contribution in [0.3, 0.4) is 0 Å². The lowest BCUT2D eigenvalue weighted by Gasteiger charge is -2.27. The van der Waals surface area contributed by atoms with E-state index in [1.165, 1.54) is 15.7 Å². The Labute approximate surface area is 142 Å². The summed E-state index contributed by atoms with van der Waals surface area (Å²) in [6, 6.07) is 12.1. The number of aromatic nitrogens is 1. The highest BCUT2D eigenvalue weighted by atomic mass is 16.2. The van der Waals surface area contributed by atoms with Crippen molar-refractivity contribution < 1.29 is 4.79 Å². The minimum atomic E-state index is -0.213. The van der Waals surface area contributed by atoms with Crippen LogP contribution in [-0.4, -0.2) is 28.5 Å². The summed E-state index contributed by atoms with van der Waals surface area (Å²) < 4.78 is 1.54.